The molecule has 2 heteroatoms. The number of allylic oxidation sites excluding steroid dienone is 1. The summed E-state index contributed by atoms with van der Waals surface area (Å²) in [6, 6.07) is 0.693. The van der Waals surface area contributed by atoms with E-state index in [1.807, 2.05) is 0 Å². The molecule has 0 aromatic heterocycles. The average Bonchev–Trinajstić information content (AvgIpc) is 3.02. The summed E-state index contributed by atoms with van der Waals surface area (Å²) in [6.07, 6.45) is 17.1. The predicted molar refractivity (Wildman–Crippen MR) is 92.8 cm³/mol. The van der Waals surface area contributed by atoms with Gasteiger partial charge in [-0.25, -0.2) is 0 Å². The van der Waals surface area contributed by atoms with Gasteiger partial charge < -0.3 is 5.32 Å². The van der Waals surface area contributed by atoms with E-state index in [-0.39, 0.29) is 0 Å². The monoisotopic (exact) mass is 292 g/mol. The van der Waals surface area contributed by atoms with E-state index in [2.05, 4.69) is 29.8 Å². The van der Waals surface area contributed by atoms with Crippen LogP contribution in [-0.4, -0.2) is 36.1 Å². The number of likely N-dealkylation sites (tertiary alicyclic amines) is 1. The van der Waals surface area contributed by atoms with Gasteiger partial charge in [-0.15, -0.1) is 6.58 Å². The molecule has 2 aliphatic rings. The van der Waals surface area contributed by atoms with Crippen molar-refractivity contribution in [1.29, 1.82) is 0 Å². The molecule has 0 radical (unpaired) electrons. The van der Waals surface area contributed by atoms with Crippen LogP contribution in [0.2, 0.25) is 0 Å². The van der Waals surface area contributed by atoms with Crippen LogP contribution in [0.15, 0.2) is 12.7 Å². The number of nitrogens with zero attached hydrogens (tertiary/aromatic N) is 1. The smallest absolute Gasteiger partial charge is 0.0362 e. The van der Waals surface area contributed by atoms with Crippen LogP contribution in [-0.2, 0) is 0 Å². The minimum absolute atomic E-state index is 0.469. The van der Waals surface area contributed by atoms with E-state index >= 15 is 0 Å². The molecule has 0 spiro atoms. The van der Waals surface area contributed by atoms with E-state index < -0.39 is 0 Å². The lowest BCUT2D eigenvalue weighted by Gasteiger charge is -2.49. The fraction of sp³-hybridized carbons (Fsp3) is 0.895. The highest BCUT2D eigenvalue weighted by atomic mass is 15.2. The van der Waals surface area contributed by atoms with Gasteiger partial charge in [-0.2, -0.15) is 0 Å². The maximum absolute atomic E-state index is 3.93. The minimum atomic E-state index is 0.469. The van der Waals surface area contributed by atoms with Crippen molar-refractivity contribution in [2.24, 2.45) is 0 Å². The highest BCUT2D eigenvalue weighted by Gasteiger charge is 2.45. The third kappa shape index (κ3) is 4.32. The van der Waals surface area contributed by atoms with Crippen LogP contribution < -0.4 is 5.32 Å². The third-order valence-corrected chi connectivity index (χ3v) is 5.65. The maximum atomic E-state index is 3.93. The molecule has 0 aromatic rings. The summed E-state index contributed by atoms with van der Waals surface area (Å²) in [5, 5.41) is 3.93. The van der Waals surface area contributed by atoms with E-state index in [1.165, 1.54) is 90.3 Å². The molecule has 1 heterocycles. The molecule has 0 aromatic carbocycles. The first kappa shape index (κ1) is 17.0. The Kier molecular flexibility index (Phi) is 7.25. The van der Waals surface area contributed by atoms with Crippen molar-refractivity contribution in [2.75, 3.05) is 19.6 Å². The number of hydrogen-bond acceptors (Lipinski definition) is 2. The molecule has 2 fully saturated rings. The lowest BCUT2D eigenvalue weighted by atomic mass is 9.81. The molecule has 2 nitrogen and oxygen atoms in total. The summed E-state index contributed by atoms with van der Waals surface area (Å²) >= 11 is 0. The van der Waals surface area contributed by atoms with Gasteiger partial charge in [0.2, 0.25) is 0 Å². The molecule has 1 atom stereocenters. The van der Waals surface area contributed by atoms with Gasteiger partial charge in [-0.05, 0) is 71.0 Å². The highest BCUT2D eigenvalue weighted by Crippen LogP contribution is 2.41. The molecule has 1 N–H and O–H groups in total. The molecule has 2 rings (SSSR count). The van der Waals surface area contributed by atoms with E-state index in [1.54, 1.807) is 0 Å². The number of nitrogens with one attached hydrogen (secondary N) is 1. The van der Waals surface area contributed by atoms with Crippen LogP contribution in [0.4, 0.5) is 0 Å². The summed E-state index contributed by atoms with van der Waals surface area (Å²) in [4.78, 5) is 2.88. The van der Waals surface area contributed by atoms with Crippen LogP contribution in [0.1, 0.15) is 77.6 Å². The molecule has 1 unspecified atom stereocenters. The zero-order valence-corrected chi connectivity index (χ0v) is 14.2. The first-order valence-corrected chi connectivity index (χ1v) is 9.43. The van der Waals surface area contributed by atoms with Crippen LogP contribution in [0.5, 0.6) is 0 Å². The molecule has 0 bridgehead atoms. The van der Waals surface area contributed by atoms with Crippen molar-refractivity contribution in [3.63, 3.8) is 0 Å². The summed E-state index contributed by atoms with van der Waals surface area (Å²) in [7, 11) is 0. The SMILES string of the molecule is C=CCCCC(NCCC)C1(N2CCCCC2)CCCC1. The Morgan fingerprint density at radius 2 is 1.86 bits per heavy atom. The van der Waals surface area contributed by atoms with Crippen molar-refractivity contribution >= 4 is 0 Å². The Bertz CT molecular complexity index is 288. The second kappa shape index (κ2) is 8.95. The summed E-state index contributed by atoms with van der Waals surface area (Å²) < 4.78 is 0. The van der Waals surface area contributed by atoms with Gasteiger partial charge in [0.25, 0.3) is 0 Å². The summed E-state index contributed by atoms with van der Waals surface area (Å²) in [5.41, 5.74) is 0.469. The zero-order chi connectivity index (χ0) is 15.0. The largest absolute Gasteiger partial charge is 0.312 e. The second-order valence-corrected chi connectivity index (χ2v) is 7.08. The predicted octanol–water partition coefficient (Wildman–Crippen LogP) is 4.51. The Morgan fingerprint density at radius 3 is 2.48 bits per heavy atom. The van der Waals surface area contributed by atoms with Crippen LogP contribution in [0.25, 0.3) is 0 Å². The first-order chi connectivity index (χ1) is 10.3. The van der Waals surface area contributed by atoms with Crippen LogP contribution >= 0.6 is 0 Å². The number of hydrogen-bond donors (Lipinski definition) is 1. The van der Waals surface area contributed by atoms with Gasteiger partial charge >= 0.3 is 0 Å². The average molecular weight is 293 g/mol. The lowest BCUT2D eigenvalue weighted by Crippen LogP contribution is -2.61. The molecular weight excluding hydrogens is 256 g/mol. The quantitative estimate of drug-likeness (QED) is 0.497. The number of rotatable bonds is 9. The Labute approximate surface area is 132 Å². The summed E-state index contributed by atoms with van der Waals surface area (Å²) in [5.74, 6) is 0. The zero-order valence-electron chi connectivity index (χ0n) is 14.2. The molecule has 122 valence electrons. The van der Waals surface area contributed by atoms with Gasteiger partial charge in [0.1, 0.15) is 0 Å². The van der Waals surface area contributed by atoms with Crippen molar-refractivity contribution in [3.05, 3.63) is 12.7 Å². The number of piperidine rings is 1. The fourth-order valence-corrected chi connectivity index (χ4v) is 4.56. The van der Waals surface area contributed by atoms with Gasteiger partial charge in [-0.1, -0.05) is 32.3 Å². The third-order valence-electron chi connectivity index (χ3n) is 5.65. The summed E-state index contributed by atoms with van der Waals surface area (Å²) in [6.45, 7) is 10.0. The van der Waals surface area contributed by atoms with Crippen LogP contribution in [0, 0.1) is 0 Å². The van der Waals surface area contributed by atoms with E-state index in [4.69, 9.17) is 0 Å². The van der Waals surface area contributed by atoms with Crippen molar-refractivity contribution < 1.29 is 0 Å². The van der Waals surface area contributed by atoms with E-state index in [9.17, 15) is 0 Å². The lowest BCUT2D eigenvalue weighted by molar-refractivity contribution is 0.0334. The van der Waals surface area contributed by atoms with Gasteiger partial charge in [0, 0.05) is 11.6 Å². The molecule has 1 aliphatic heterocycles. The van der Waals surface area contributed by atoms with Gasteiger partial charge in [0.05, 0.1) is 0 Å². The van der Waals surface area contributed by atoms with Gasteiger partial charge in [0.15, 0.2) is 0 Å². The first-order valence-electron chi connectivity index (χ1n) is 9.43. The Balaban J connectivity index is 2.07. The highest BCUT2D eigenvalue weighted by molar-refractivity contribution is 5.04. The number of unbranched alkanes of at least 4 members (excludes halogenated alkanes) is 1. The molecule has 21 heavy (non-hydrogen) atoms. The second-order valence-electron chi connectivity index (χ2n) is 7.08. The Hall–Kier alpha value is -0.340. The Morgan fingerprint density at radius 1 is 1.14 bits per heavy atom. The molecule has 1 saturated carbocycles. The standard InChI is InChI=1S/C19H36N2/c1-3-5-7-12-18(20-15-4-2)19(13-8-9-14-19)21-16-10-6-11-17-21/h3,18,20H,1,4-17H2,2H3. The molecule has 0 amide bonds. The van der Waals surface area contributed by atoms with E-state index in [0.29, 0.717) is 11.6 Å². The normalized spacial score (nSPS) is 24.0. The molecular formula is C19H36N2. The van der Waals surface area contributed by atoms with E-state index in [0.717, 1.165) is 0 Å². The van der Waals surface area contributed by atoms with Crippen LogP contribution in [0.3, 0.4) is 0 Å². The maximum Gasteiger partial charge on any atom is 0.0362 e. The van der Waals surface area contributed by atoms with Crippen molar-refractivity contribution in [3.8, 4) is 0 Å². The van der Waals surface area contributed by atoms with Gasteiger partial charge in [-0.3, -0.25) is 4.90 Å². The van der Waals surface area contributed by atoms with Crippen molar-refractivity contribution in [1.82, 2.24) is 10.2 Å². The van der Waals surface area contributed by atoms with Crippen molar-refractivity contribution in [2.45, 2.75) is 89.1 Å². The fourth-order valence-electron chi connectivity index (χ4n) is 4.56. The molecule has 1 aliphatic carbocycles. The topological polar surface area (TPSA) is 15.3 Å². The molecule has 1 saturated heterocycles. The minimum Gasteiger partial charge on any atom is -0.312 e.